The molecular formula is C14H16N4O2. The maximum absolute atomic E-state index is 11.2. The summed E-state index contributed by atoms with van der Waals surface area (Å²) in [6.07, 6.45) is 4.52. The first-order chi connectivity index (χ1) is 9.58. The van der Waals surface area contributed by atoms with Gasteiger partial charge in [-0.05, 0) is 37.8 Å². The van der Waals surface area contributed by atoms with Crippen molar-refractivity contribution in [3.8, 4) is 5.69 Å². The molecule has 1 heterocycles. The lowest BCUT2D eigenvalue weighted by molar-refractivity contribution is -0.384. The molecule has 1 aromatic carbocycles. The molecule has 0 amide bonds. The molecule has 1 unspecified atom stereocenters. The van der Waals surface area contributed by atoms with E-state index in [0.29, 0.717) is 5.69 Å². The van der Waals surface area contributed by atoms with Crippen LogP contribution in [0.2, 0.25) is 0 Å². The van der Waals surface area contributed by atoms with Crippen LogP contribution in [0.4, 0.5) is 5.69 Å². The topological polar surface area (TPSA) is 87.0 Å². The van der Waals surface area contributed by atoms with Crippen molar-refractivity contribution in [3.63, 3.8) is 0 Å². The van der Waals surface area contributed by atoms with Gasteiger partial charge in [0.2, 0.25) is 0 Å². The number of rotatable bonds is 2. The minimum atomic E-state index is -0.362. The lowest BCUT2D eigenvalue weighted by atomic mass is 9.94. The fraction of sp³-hybridized carbons (Fsp3) is 0.357. The highest BCUT2D eigenvalue weighted by molar-refractivity contribution is 5.55. The molecule has 1 atom stereocenters. The van der Waals surface area contributed by atoms with Crippen LogP contribution < -0.4 is 5.73 Å². The summed E-state index contributed by atoms with van der Waals surface area (Å²) < 4.78 is 1.67. The number of nitrogens with zero attached hydrogens (tertiary/aromatic N) is 3. The van der Waals surface area contributed by atoms with Gasteiger partial charge in [-0.15, -0.1) is 0 Å². The Kier molecular flexibility index (Phi) is 3.02. The number of nitrogens with two attached hydrogens (primary N) is 1. The zero-order valence-corrected chi connectivity index (χ0v) is 11.2. The first-order valence-corrected chi connectivity index (χ1v) is 6.65. The van der Waals surface area contributed by atoms with Crippen LogP contribution >= 0.6 is 0 Å². The quantitative estimate of drug-likeness (QED) is 0.671. The number of hydrogen-bond acceptors (Lipinski definition) is 4. The second kappa shape index (κ2) is 4.72. The van der Waals surface area contributed by atoms with Gasteiger partial charge in [0.05, 0.1) is 11.1 Å². The number of aromatic nitrogens is 2. The smallest absolute Gasteiger partial charge is 0.295 e. The van der Waals surface area contributed by atoms with Gasteiger partial charge in [0.25, 0.3) is 5.69 Å². The van der Waals surface area contributed by atoms with Gasteiger partial charge in [-0.3, -0.25) is 10.1 Å². The summed E-state index contributed by atoms with van der Waals surface area (Å²) >= 11 is 0. The van der Waals surface area contributed by atoms with E-state index in [0.717, 1.165) is 36.1 Å². The largest absolute Gasteiger partial charge is 0.324 e. The highest BCUT2D eigenvalue weighted by Gasteiger charge is 2.25. The molecule has 0 spiro atoms. The summed E-state index contributed by atoms with van der Waals surface area (Å²) in [5.41, 5.74) is 9.52. The Hall–Kier alpha value is -2.21. The van der Waals surface area contributed by atoms with E-state index in [4.69, 9.17) is 5.73 Å². The second-order valence-electron chi connectivity index (χ2n) is 5.21. The minimum Gasteiger partial charge on any atom is -0.324 e. The molecule has 0 saturated carbocycles. The van der Waals surface area contributed by atoms with Gasteiger partial charge in [0.1, 0.15) is 5.69 Å². The van der Waals surface area contributed by atoms with Crippen LogP contribution in [0, 0.1) is 17.0 Å². The van der Waals surface area contributed by atoms with Gasteiger partial charge in [0, 0.05) is 23.4 Å². The van der Waals surface area contributed by atoms with E-state index >= 15 is 0 Å². The Morgan fingerprint density at radius 3 is 3.05 bits per heavy atom. The van der Waals surface area contributed by atoms with E-state index in [9.17, 15) is 10.1 Å². The zero-order chi connectivity index (χ0) is 14.3. The zero-order valence-electron chi connectivity index (χ0n) is 11.2. The van der Waals surface area contributed by atoms with E-state index in [1.807, 2.05) is 13.0 Å². The fourth-order valence-electron chi connectivity index (χ4n) is 2.76. The summed E-state index contributed by atoms with van der Waals surface area (Å²) in [6.45, 7) is 1.84. The van der Waals surface area contributed by atoms with Crippen LogP contribution in [-0.2, 0) is 6.42 Å². The van der Waals surface area contributed by atoms with Crippen molar-refractivity contribution < 1.29 is 4.92 Å². The Morgan fingerprint density at radius 1 is 1.50 bits per heavy atom. The SMILES string of the molecule is Cc1ccc(-n2ncc3c2CCCC3N)c([N+](=O)[O-])c1. The molecular weight excluding hydrogens is 256 g/mol. The fourth-order valence-corrected chi connectivity index (χ4v) is 2.76. The van der Waals surface area contributed by atoms with Gasteiger partial charge >= 0.3 is 0 Å². The van der Waals surface area contributed by atoms with E-state index in [1.165, 1.54) is 0 Å². The predicted molar refractivity (Wildman–Crippen MR) is 74.8 cm³/mol. The molecule has 20 heavy (non-hydrogen) atoms. The molecule has 1 aliphatic carbocycles. The molecule has 6 nitrogen and oxygen atoms in total. The van der Waals surface area contributed by atoms with Crippen molar-refractivity contribution in [2.75, 3.05) is 0 Å². The Bertz CT molecular complexity index is 678. The molecule has 2 aromatic rings. The maximum Gasteiger partial charge on any atom is 0.295 e. The first-order valence-electron chi connectivity index (χ1n) is 6.65. The number of nitro groups is 1. The number of benzene rings is 1. The third-order valence-corrected chi connectivity index (χ3v) is 3.79. The molecule has 1 aliphatic rings. The molecule has 6 heteroatoms. The normalized spacial score (nSPS) is 17.8. The van der Waals surface area contributed by atoms with Gasteiger partial charge < -0.3 is 5.73 Å². The average Bonchev–Trinajstić information content (AvgIpc) is 2.84. The maximum atomic E-state index is 11.2. The van der Waals surface area contributed by atoms with Crippen LogP contribution in [0.15, 0.2) is 24.4 Å². The summed E-state index contributed by atoms with van der Waals surface area (Å²) in [5, 5.41) is 15.6. The molecule has 0 fully saturated rings. The van der Waals surface area contributed by atoms with Crippen LogP contribution in [0.5, 0.6) is 0 Å². The van der Waals surface area contributed by atoms with E-state index in [1.54, 1.807) is 23.0 Å². The summed E-state index contributed by atoms with van der Waals surface area (Å²) in [4.78, 5) is 10.9. The number of nitro benzene ring substituents is 1. The lowest BCUT2D eigenvalue weighted by Crippen LogP contribution is -2.18. The predicted octanol–water partition coefficient (Wildman–Crippen LogP) is 2.43. The van der Waals surface area contributed by atoms with Crippen LogP contribution in [0.3, 0.4) is 0 Å². The molecule has 0 saturated heterocycles. The Labute approximate surface area is 116 Å². The van der Waals surface area contributed by atoms with Gasteiger partial charge in [-0.1, -0.05) is 6.07 Å². The van der Waals surface area contributed by atoms with Crippen LogP contribution in [0.1, 0.15) is 35.7 Å². The molecule has 0 radical (unpaired) electrons. The van der Waals surface area contributed by atoms with Gasteiger partial charge in [-0.25, -0.2) is 4.68 Å². The molecule has 1 aromatic heterocycles. The average molecular weight is 272 g/mol. The third kappa shape index (κ3) is 1.98. The molecule has 0 bridgehead atoms. The molecule has 2 N–H and O–H groups in total. The van der Waals surface area contributed by atoms with Crippen molar-refractivity contribution in [1.29, 1.82) is 0 Å². The van der Waals surface area contributed by atoms with Gasteiger partial charge in [-0.2, -0.15) is 5.10 Å². The summed E-state index contributed by atoms with van der Waals surface area (Å²) in [7, 11) is 0. The molecule has 0 aliphatic heterocycles. The second-order valence-corrected chi connectivity index (χ2v) is 5.21. The minimum absolute atomic E-state index is 0.0167. The number of fused-ring (bicyclic) bond motifs is 1. The third-order valence-electron chi connectivity index (χ3n) is 3.79. The van der Waals surface area contributed by atoms with E-state index < -0.39 is 0 Å². The monoisotopic (exact) mass is 272 g/mol. The number of hydrogen-bond donors (Lipinski definition) is 1. The molecule has 3 rings (SSSR count). The molecule has 104 valence electrons. The first kappa shape index (κ1) is 12.8. The Balaban J connectivity index is 2.17. The highest BCUT2D eigenvalue weighted by atomic mass is 16.6. The van der Waals surface area contributed by atoms with E-state index in [-0.39, 0.29) is 16.7 Å². The number of aryl methyl sites for hydroxylation is 1. The summed E-state index contributed by atoms with van der Waals surface area (Å²) in [6, 6.07) is 5.17. The van der Waals surface area contributed by atoms with Crippen molar-refractivity contribution >= 4 is 5.69 Å². The lowest BCUT2D eigenvalue weighted by Gasteiger charge is -2.19. The van der Waals surface area contributed by atoms with Crippen molar-refractivity contribution in [3.05, 3.63) is 51.3 Å². The van der Waals surface area contributed by atoms with Crippen LogP contribution in [0.25, 0.3) is 5.69 Å². The summed E-state index contributed by atoms with van der Waals surface area (Å²) in [5.74, 6) is 0. The standard InChI is InChI=1S/C14H16N4O2/c1-9-5-6-13(14(7-9)18(19)20)17-12-4-2-3-11(15)10(12)8-16-17/h5-8,11H,2-4,15H2,1H3. The van der Waals surface area contributed by atoms with Crippen LogP contribution in [-0.4, -0.2) is 14.7 Å². The Morgan fingerprint density at radius 2 is 2.30 bits per heavy atom. The van der Waals surface area contributed by atoms with E-state index in [2.05, 4.69) is 5.10 Å². The van der Waals surface area contributed by atoms with Crippen molar-refractivity contribution in [2.45, 2.75) is 32.2 Å². The highest BCUT2D eigenvalue weighted by Crippen LogP contribution is 2.32. The van der Waals surface area contributed by atoms with Crippen molar-refractivity contribution in [1.82, 2.24) is 9.78 Å². The van der Waals surface area contributed by atoms with Crippen molar-refractivity contribution in [2.24, 2.45) is 5.73 Å². The van der Waals surface area contributed by atoms with Gasteiger partial charge in [0.15, 0.2) is 0 Å².